The van der Waals surface area contributed by atoms with Crippen LogP contribution >= 0.6 is 0 Å². The predicted octanol–water partition coefficient (Wildman–Crippen LogP) is 1.05. The molecule has 0 fully saturated rings. The molecule has 0 bridgehead atoms. The maximum absolute atomic E-state index is 11.9. The number of sulfone groups is 1. The number of benzene rings is 1. The number of hydrogen-bond donors (Lipinski definition) is 1. The van der Waals surface area contributed by atoms with E-state index in [1.54, 1.807) is 0 Å². The fourth-order valence-corrected chi connectivity index (χ4v) is 3.90. The summed E-state index contributed by atoms with van der Waals surface area (Å²) in [6.07, 6.45) is -0.0618. The van der Waals surface area contributed by atoms with Crippen LogP contribution in [0.2, 0.25) is 0 Å². The van der Waals surface area contributed by atoms with Crippen LogP contribution in [-0.2, 0) is 33.4 Å². The molecule has 100 valence electrons. The first-order valence-electron chi connectivity index (χ1n) is 6.04. The van der Waals surface area contributed by atoms with Crippen molar-refractivity contribution in [1.82, 2.24) is 0 Å². The van der Waals surface area contributed by atoms with Gasteiger partial charge < -0.3 is 9.84 Å². The molecule has 18 heavy (non-hydrogen) atoms. The molecular weight excluding hydrogens is 252 g/mol. The second-order valence-electron chi connectivity index (χ2n) is 4.76. The lowest BCUT2D eigenvalue weighted by molar-refractivity contribution is 0.110. The second kappa shape index (κ2) is 5.38. The van der Waals surface area contributed by atoms with E-state index in [1.165, 1.54) is 6.92 Å². The number of hydrogen-bond acceptors (Lipinski definition) is 4. The summed E-state index contributed by atoms with van der Waals surface area (Å²) >= 11 is 0. The van der Waals surface area contributed by atoms with Gasteiger partial charge in [0.05, 0.1) is 30.8 Å². The van der Waals surface area contributed by atoms with Gasteiger partial charge in [-0.15, -0.1) is 0 Å². The summed E-state index contributed by atoms with van der Waals surface area (Å²) in [5.41, 5.74) is 3.01. The lowest BCUT2D eigenvalue weighted by Crippen LogP contribution is -2.21. The highest BCUT2D eigenvalue weighted by Gasteiger charge is 2.19. The maximum Gasteiger partial charge on any atom is 0.156 e. The van der Waals surface area contributed by atoms with Gasteiger partial charge in [-0.1, -0.05) is 18.2 Å². The van der Waals surface area contributed by atoms with Crippen molar-refractivity contribution in [2.75, 3.05) is 12.4 Å². The van der Waals surface area contributed by atoms with E-state index in [0.29, 0.717) is 13.2 Å². The van der Waals surface area contributed by atoms with Crippen molar-refractivity contribution in [2.24, 2.45) is 0 Å². The molecule has 0 unspecified atom stereocenters. The zero-order chi connectivity index (χ0) is 13.2. The molecule has 0 saturated heterocycles. The first-order valence-corrected chi connectivity index (χ1v) is 7.86. The van der Waals surface area contributed by atoms with Crippen molar-refractivity contribution < 1.29 is 18.3 Å². The number of rotatable bonds is 4. The van der Waals surface area contributed by atoms with Crippen LogP contribution in [-0.4, -0.2) is 32.0 Å². The standard InChI is InChI=1S/C13H18O4S/c1-10(14)8-18(15,16)9-12-4-2-3-11-7-17-6-5-13(11)12/h2-4,10,14H,5-9H2,1H3/t10-/m1/s1. The van der Waals surface area contributed by atoms with E-state index in [0.717, 1.165) is 23.1 Å². The zero-order valence-corrected chi connectivity index (χ0v) is 11.2. The Bertz CT molecular complexity index is 520. The molecule has 0 amide bonds. The van der Waals surface area contributed by atoms with E-state index in [4.69, 9.17) is 4.74 Å². The smallest absolute Gasteiger partial charge is 0.156 e. The molecule has 1 atom stereocenters. The first-order chi connectivity index (χ1) is 8.48. The molecule has 5 heteroatoms. The summed E-state index contributed by atoms with van der Waals surface area (Å²) in [6.45, 7) is 2.69. The summed E-state index contributed by atoms with van der Waals surface area (Å²) in [6, 6.07) is 5.68. The zero-order valence-electron chi connectivity index (χ0n) is 10.4. The molecule has 0 aliphatic carbocycles. The van der Waals surface area contributed by atoms with E-state index in [-0.39, 0.29) is 11.5 Å². The third-order valence-corrected chi connectivity index (χ3v) is 4.74. The fraction of sp³-hybridized carbons (Fsp3) is 0.538. The summed E-state index contributed by atoms with van der Waals surface area (Å²) < 4.78 is 29.2. The third-order valence-electron chi connectivity index (χ3n) is 2.99. The minimum Gasteiger partial charge on any atom is -0.392 e. The van der Waals surface area contributed by atoms with E-state index < -0.39 is 15.9 Å². The molecule has 0 aromatic heterocycles. The van der Waals surface area contributed by atoms with E-state index in [2.05, 4.69) is 0 Å². The monoisotopic (exact) mass is 270 g/mol. The Kier molecular flexibility index (Phi) is 4.04. The van der Waals surface area contributed by atoms with Crippen molar-refractivity contribution >= 4 is 9.84 Å². The van der Waals surface area contributed by atoms with Gasteiger partial charge >= 0.3 is 0 Å². The second-order valence-corrected chi connectivity index (χ2v) is 6.87. The highest BCUT2D eigenvalue weighted by Crippen LogP contribution is 2.22. The highest BCUT2D eigenvalue weighted by molar-refractivity contribution is 7.90. The number of ether oxygens (including phenoxy) is 1. The van der Waals surface area contributed by atoms with E-state index in [9.17, 15) is 13.5 Å². The Morgan fingerprint density at radius 3 is 2.94 bits per heavy atom. The van der Waals surface area contributed by atoms with Gasteiger partial charge in [-0.3, -0.25) is 0 Å². The topological polar surface area (TPSA) is 63.6 Å². The predicted molar refractivity (Wildman–Crippen MR) is 69.0 cm³/mol. The van der Waals surface area contributed by atoms with Gasteiger partial charge in [0.25, 0.3) is 0 Å². The van der Waals surface area contributed by atoms with Crippen LogP contribution < -0.4 is 0 Å². The van der Waals surface area contributed by atoms with Gasteiger partial charge in [-0.2, -0.15) is 0 Å². The number of aliphatic hydroxyl groups is 1. The average molecular weight is 270 g/mol. The quantitative estimate of drug-likeness (QED) is 0.888. The van der Waals surface area contributed by atoms with Crippen molar-refractivity contribution in [3.8, 4) is 0 Å². The first kappa shape index (κ1) is 13.5. The van der Waals surface area contributed by atoms with Crippen molar-refractivity contribution in [3.05, 3.63) is 34.9 Å². The molecule has 2 rings (SSSR count). The lowest BCUT2D eigenvalue weighted by Gasteiger charge is -2.20. The normalized spacial score (nSPS) is 17.2. The van der Waals surface area contributed by atoms with Gasteiger partial charge in [0.15, 0.2) is 9.84 Å². The molecule has 1 aromatic carbocycles. The molecule has 1 heterocycles. The summed E-state index contributed by atoms with van der Waals surface area (Å²) in [7, 11) is -3.26. The molecule has 1 aromatic rings. The van der Waals surface area contributed by atoms with Crippen LogP contribution in [0.25, 0.3) is 0 Å². The van der Waals surface area contributed by atoms with Gasteiger partial charge in [-0.05, 0) is 30.0 Å². The highest BCUT2D eigenvalue weighted by atomic mass is 32.2. The van der Waals surface area contributed by atoms with Crippen molar-refractivity contribution in [2.45, 2.75) is 31.8 Å². The Labute approximate surface area is 108 Å². The fourth-order valence-electron chi connectivity index (χ4n) is 2.30. The van der Waals surface area contributed by atoms with Gasteiger partial charge in [0.1, 0.15) is 0 Å². The SMILES string of the molecule is C[C@@H](O)CS(=O)(=O)Cc1cccc2c1CCOC2. The largest absolute Gasteiger partial charge is 0.392 e. The van der Waals surface area contributed by atoms with Crippen LogP contribution in [0.3, 0.4) is 0 Å². The molecule has 1 N–H and O–H groups in total. The van der Waals surface area contributed by atoms with Crippen molar-refractivity contribution in [1.29, 1.82) is 0 Å². The van der Waals surface area contributed by atoms with Crippen molar-refractivity contribution in [3.63, 3.8) is 0 Å². The molecular formula is C13H18O4S. The number of fused-ring (bicyclic) bond motifs is 1. The molecule has 0 radical (unpaired) electrons. The van der Waals surface area contributed by atoms with Gasteiger partial charge in [0, 0.05) is 0 Å². The molecule has 4 nitrogen and oxygen atoms in total. The van der Waals surface area contributed by atoms with Crippen LogP contribution in [0, 0.1) is 0 Å². The Balaban J connectivity index is 2.24. The summed E-state index contributed by atoms with van der Waals surface area (Å²) in [4.78, 5) is 0. The summed E-state index contributed by atoms with van der Waals surface area (Å²) in [5, 5.41) is 9.21. The Morgan fingerprint density at radius 2 is 2.22 bits per heavy atom. The van der Waals surface area contributed by atoms with Gasteiger partial charge in [-0.25, -0.2) is 8.42 Å². The minimum atomic E-state index is -3.26. The maximum atomic E-state index is 11.9. The summed E-state index contributed by atoms with van der Waals surface area (Å²) in [5.74, 6) is -0.186. The molecule has 0 saturated carbocycles. The number of aliphatic hydroxyl groups excluding tert-OH is 1. The van der Waals surface area contributed by atoms with E-state index >= 15 is 0 Å². The molecule has 1 aliphatic heterocycles. The van der Waals surface area contributed by atoms with Crippen LogP contribution in [0.15, 0.2) is 18.2 Å². The Hall–Kier alpha value is -0.910. The average Bonchev–Trinajstić information content (AvgIpc) is 2.27. The third kappa shape index (κ3) is 3.31. The lowest BCUT2D eigenvalue weighted by atomic mass is 9.98. The molecule has 0 spiro atoms. The van der Waals surface area contributed by atoms with Crippen LogP contribution in [0.4, 0.5) is 0 Å². The van der Waals surface area contributed by atoms with Gasteiger partial charge in [0.2, 0.25) is 0 Å². The van der Waals surface area contributed by atoms with E-state index in [1.807, 2.05) is 18.2 Å². The molecule has 1 aliphatic rings. The van der Waals surface area contributed by atoms with Crippen LogP contribution in [0.1, 0.15) is 23.6 Å². The minimum absolute atomic E-state index is 0.00106. The Morgan fingerprint density at radius 1 is 1.44 bits per heavy atom. The van der Waals surface area contributed by atoms with Crippen LogP contribution in [0.5, 0.6) is 0 Å².